The van der Waals surface area contributed by atoms with Crippen LogP contribution in [0.25, 0.3) is 22.6 Å². The third-order valence-electron chi connectivity index (χ3n) is 4.17. The van der Waals surface area contributed by atoms with E-state index in [1.54, 1.807) is 16.7 Å². The van der Waals surface area contributed by atoms with Gasteiger partial charge in [-0.1, -0.05) is 41.9 Å². The maximum Gasteiger partial charge on any atom is 0.261 e. The monoisotopic (exact) mass is 322 g/mol. The van der Waals surface area contributed by atoms with Crippen LogP contribution in [0.1, 0.15) is 24.2 Å². The van der Waals surface area contributed by atoms with Crippen LogP contribution >= 0.6 is 11.6 Å². The average molecular weight is 323 g/mol. The highest BCUT2D eigenvalue weighted by Crippen LogP contribution is 2.27. The van der Waals surface area contributed by atoms with Gasteiger partial charge in [-0.3, -0.25) is 9.36 Å². The summed E-state index contributed by atoms with van der Waals surface area (Å²) in [6.45, 7) is 0.704. The van der Waals surface area contributed by atoms with Gasteiger partial charge in [-0.25, -0.2) is 4.98 Å². The molecule has 3 aromatic rings. The van der Waals surface area contributed by atoms with Gasteiger partial charge in [0, 0.05) is 11.6 Å². The number of rotatable bonds is 1. The molecule has 0 radical (unpaired) electrons. The highest BCUT2D eigenvalue weighted by molar-refractivity contribution is 6.31. The standard InChI is InChI=1S/C19H15ClN2O/c20-15-8-9-17-16(12-15)19(23)22-10-4-7-14(18(22)21-17)11-13-5-2-1-3-6-13/h1-3,5-6,8-9,11-12H,4,7,10H2/b14-11+. The second kappa shape index (κ2) is 5.67. The molecule has 114 valence electrons. The van der Waals surface area contributed by atoms with Crippen LogP contribution < -0.4 is 5.56 Å². The third kappa shape index (κ3) is 2.57. The molecule has 0 aliphatic carbocycles. The van der Waals surface area contributed by atoms with E-state index in [0.717, 1.165) is 29.8 Å². The van der Waals surface area contributed by atoms with Gasteiger partial charge in [0.05, 0.1) is 10.9 Å². The van der Waals surface area contributed by atoms with Crippen LogP contribution in [-0.2, 0) is 6.54 Å². The summed E-state index contributed by atoms with van der Waals surface area (Å²) >= 11 is 6.02. The van der Waals surface area contributed by atoms with Crippen molar-refractivity contribution in [3.05, 3.63) is 75.3 Å². The van der Waals surface area contributed by atoms with E-state index in [4.69, 9.17) is 16.6 Å². The van der Waals surface area contributed by atoms with Gasteiger partial charge in [-0.05, 0) is 48.3 Å². The zero-order valence-corrected chi connectivity index (χ0v) is 13.3. The summed E-state index contributed by atoms with van der Waals surface area (Å²) in [4.78, 5) is 17.5. The second-order valence-electron chi connectivity index (χ2n) is 5.74. The second-order valence-corrected chi connectivity index (χ2v) is 6.17. The zero-order valence-electron chi connectivity index (χ0n) is 12.5. The zero-order chi connectivity index (χ0) is 15.8. The molecule has 4 heteroatoms. The molecule has 0 amide bonds. The first-order chi connectivity index (χ1) is 11.2. The Hall–Kier alpha value is -2.39. The maximum atomic E-state index is 12.8. The summed E-state index contributed by atoms with van der Waals surface area (Å²) in [6, 6.07) is 15.4. The van der Waals surface area contributed by atoms with Gasteiger partial charge in [0.2, 0.25) is 0 Å². The first-order valence-electron chi connectivity index (χ1n) is 7.68. The molecule has 1 aromatic heterocycles. The summed E-state index contributed by atoms with van der Waals surface area (Å²) in [5.74, 6) is 0.778. The Bertz CT molecular complexity index is 974. The molecule has 0 spiro atoms. The van der Waals surface area contributed by atoms with E-state index in [-0.39, 0.29) is 5.56 Å². The number of hydrogen-bond donors (Lipinski definition) is 0. The molecule has 0 N–H and O–H groups in total. The Kier molecular flexibility index (Phi) is 3.50. The first-order valence-corrected chi connectivity index (χ1v) is 8.06. The van der Waals surface area contributed by atoms with Crippen LogP contribution in [0.5, 0.6) is 0 Å². The van der Waals surface area contributed by atoms with Crippen molar-refractivity contribution >= 4 is 34.2 Å². The van der Waals surface area contributed by atoms with Crippen LogP contribution in [0.4, 0.5) is 0 Å². The highest BCUT2D eigenvalue weighted by atomic mass is 35.5. The van der Waals surface area contributed by atoms with Crippen molar-refractivity contribution in [3.63, 3.8) is 0 Å². The van der Waals surface area contributed by atoms with E-state index < -0.39 is 0 Å². The molecule has 0 saturated heterocycles. The van der Waals surface area contributed by atoms with Crippen molar-refractivity contribution in [2.75, 3.05) is 0 Å². The maximum absolute atomic E-state index is 12.8. The van der Waals surface area contributed by atoms with E-state index in [1.165, 1.54) is 0 Å². The lowest BCUT2D eigenvalue weighted by Gasteiger charge is -2.21. The number of benzene rings is 2. The molecular weight excluding hydrogens is 308 g/mol. The van der Waals surface area contributed by atoms with Gasteiger partial charge in [0.15, 0.2) is 0 Å². The van der Waals surface area contributed by atoms with Crippen LogP contribution in [0.2, 0.25) is 5.02 Å². The van der Waals surface area contributed by atoms with Crippen LogP contribution in [0.15, 0.2) is 53.3 Å². The smallest absolute Gasteiger partial charge is 0.261 e. The van der Waals surface area contributed by atoms with E-state index in [9.17, 15) is 4.79 Å². The first kappa shape index (κ1) is 14.2. The molecule has 23 heavy (non-hydrogen) atoms. The molecule has 0 bridgehead atoms. The normalized spacial score (nSPS) is 15.8. The Morgan fingerprint density at radius 1 is 1.13 bits per heavy atom. The quantitative estimate of drug-likeness (QED) is 0.666. The SMILES string of the molecule is O=c1c2cc(Cl)ccc2nc2n1CCC/C2=C\c1ccccc1. The largest absolute Gasteiger partial charge is 0.292 e. The van der Waals surface area contributed by atoms with Crippen LogP contribution in [0, 0.1) is 0 Å². The molecule has 0 atom stereocenters. The summed E-state index contributed by atoms with van der Waals surface area (Å²) in [5.41, 5.74) is 2.93. The Balaban J connectivity index is 1.95. The minimum absolute atomic E-state index is 0.00818. The average Bonchev–Trinajstić information content (AvgIpc) is 2.57. The van der Waals surface area contributed by atoms with Crippen molar-refractivity contribution < 1.29 is 0 Å². The Morgan fingerprint density at radius 3 is 2.78 bits per heavy atom. The Labute approximate surface area is 138 Å². The molecule has 0 unspecified atom stereocenters. The molecule has 1 aliphatic rings. The van der Waals surface area contributed by atoms with Gasteiger partial charge < -0.3 is 0 Å². The van der Waals surface area contributed by atoms with Gasteiger partial charge in [-0.2, -0.15) is 0 Å². The lowest BCUT2D eigenvalue weighted by Crippen LogP contribution is -2.27. The topological polar surface area (TPSA) is 34.9 Å². The number of nitrogens with zero attached hydrogens (tertiary/aromatic N) is 2. The highest BCUT2D eigenvalue weighted by Gasteiger charge is 2.18. The molecular formula is C19H15ClN2O. The van der Waals surface area contributed by atoms with Gasteiger partial charge in [-0.15, -0.1) is 0 Å². The van der Waals surface area contributed by atoms with Crippen molar-refractivity contribution in [3.8, 4) is 0 Å². The number of allylic oxidation sites excluding steroid dienone is 1. The minimum Gasteiger partial charge on any atom is -0.292 e. The molecule has 2 heterocycles. The number of halogens is 1. The fraction of sp³-hybridized carbons (Fsp3) is 0.158. The predicted molar refractivity (Wildman–Crippen MR) is 94.6 cm³/mol. The molecule has 3 nitrogen and oxygen atoms in total. The molecule has 4 rings (SSSR count). The molecule has 1 aliphatic heterocycles. The van der Waals surface area contributed by atoms with Crippen molar-refractivity contribution in [1.29, 1.82) is 0 Å². The van der Waals surface area contributed by atoms with Gasteiger partial charge in [0.25, 0.3) is 5.56 Å². The predicted octanol–water partition coefficient (Wildman–Crippen LogP) is 4.38. The van der Waals surface area contributed by atoms with E-state index >= 15 is 0 Å². The Morgan fingerprint density at radius 2 is 1.96 bits per heavy atom. The third-order valence-corrected chi connectivity index (χ3v) is 4.41. The molecule has 0 saturated carbocycles. The lowest BCUT2D eigenvalue weighted by molar-refractivity contribution is 0.587. The fourth-order valence-corrected chi connectivity index (χ4v) is 3.24. The van der Waals surface area contributed by atoms with E-state index in [0.29, 0.717) is 22.5 Å². The summed E-state index contributed by atoms with van der Waals surface area (Å²) in [5, 5.41) is 1.15. The van der Waals surface area contributed by atoms with Crippen LogP contribution in [-0.4, -0.2) is 9.55 Å². The fourth-order valence-electron chi connectivity index (χ4n) is 3.07. The number of hydrogen-bond acceptors (Lipinski definition) is 2. The number of fused-ring (bicyclic) bond motifs is 2. The van der Waals surface area contributed by atoms with Crippen LogP contribution in [0.3, 0.4) is 0 Å². The van der Waals surface area contributed by atoms with Crippen molar-refractivity contribution in [1.82, 2.24) is 9.55 Å². The summed E-state index contributed by atoms with van der Waals surface area (Å²) in [7, 11) is 0. The van der Waals surface area contributed by atoms with Gasteiger partial charge >= 0.3 is 0 Å². The van der Waals surface area contributed by atoms with E-state index in [1.807, 2.05) is 24.3 Å². The molecule has 0 fully saturated rings. The lowest BCUT2D eigenvalue weighted by atomic mass is 10.0. The van der Waals surface area contributed by atoms with E-state index in [2.05, 4.69) is 18.2 Å². The minimum atomic E-state index is -0.00818. The van der Waals surface area contributed by atoms with Crippen molar-refractivity contribution in [2.45, 2.75) is 19.4 Å². The van der Waals surface area contributed by atoms with Crippen molar-refractivity contribution in [2.24, 2.45) is 0 Å². The summed E-state index contributed by atoms with van der Waals surface area (Å²) in [6.07, 6.45) is 4.00. The number of aromatic nitrogens is 2. The summed E-state index contributed by atoms with van der Waals surface area (Å²) < 4.78 is 1.77. The molecule has 2 aromatic carbocycles. The van der Waals surface area contributed by atoms with Gasteiger partial charge in [0.1, 0.15) is 5.82 Å².